The fraction of sp³-hybridized carbons (Fsp3) is 0.667. The Morgan fingerprint density at radius 3 is 2.00 bits per heavy atom. The number of phosphoric acid groups is 1. The normalized spacial score (nSPS) is 10.8. The van der Waals surface area contributed by atoms with Gasteiger partial charge in [-0.2, -0.15) is 0 Å². The number of carbonyl (C=O) groups is 1. The van der Waals surface area contributed by atoms with Gasteiger partial charge in [0.1, 0.15) is 0 Å². The monoisotopic (exact) mass is 252 g/mol. The van der Waals surface area contributed by atoms with Crippen molar-refractivity contribution >= 4 is 13.8 Å². The van der Waals surface area contributed by atoms with Crippen LogP contribution < -0.4 is 0 Å². The van der Waals surface area contributed by atoms with E-state index in [-0.39, 0.29) is 5.76 Å². The average molecular weight is 252 g/mol. The fourth-order valence-electron chi connectivity index (χ4n) is 0.844. The quantitative estimate of drug-likeness (QED) is 0.410. The maximum Gasteiger partial charge on any atom is 0.532 e. The van der Waals surface area contributed by atoms with E-state index in [0.717, 1.165) is 14.2 Å². The van der Waals surface area contributed by atoms with Gasteiger partial charge in [0.15, 0.2) is 0 Å². The minimum Gasteiger partial charge on any atom is -0.487 e. The molecule has 0 spiro atoms. The van der Waals surface area contributed by atoms with Gasteiger partial charge in [-0.05, 0) is 26.3 Å². The molecule has 0 N–H and O–H groups in total. The minimum atomic E-state index is -3.82. The third-order valence-corrected chi connectivity index (χ3v) is 2.85. The minimum absolute atomic E-state index is 0.0109. The molecule has 0 aliphatic carbocycles. The van der Waals surface area contributed by atoms with Gasteiger partial charge in [-0.25, -0.2) is 9.36 Å². The summed E-state index contributed by atoms with van der Waals surface area (Å²) in [5.74, 6) is -0.856. The van der Waals surface area contributed by atoms with Gasteiger partial charge < -0.3 is 9.26 Å². The highest BCUT2D eigenvalue weighted by Crippen LogP contribution is 2.48. The van der Waals surface area contributed by atoms with E-state index in [1.807, 2.05) is 0 Å². The van der Waals surface area contributed by atoms with Gasteiger partial charge in [0.05, 0.1) is 6.61 Å². The molecule has 0 saturated carbocycles. The predicted molar refractivity (Wildman–Crippen MR) is 57.7 cm³/mol. The Morgan fingerprint density at radius 1 is 1.19 bits per heavy atom. The van der Waals surface area contributed by atoms with Crippen molar-refractivity contribution in [3.8, 4) is 0 Å². The SMILES string of the molecule is CCOC(C(=O)OP(=O)(OC)OC)=C(C)C. The molecule has 6 nitrogen and oxygen atoms in total. The number of hydrogen-bond donors (Lipinski definition) is 0. The van der Waals surface area contributed by atoms with Crippen LogP contribution in [0.3, 0.4) is 0 Å². The van der Waals surface area contributed by atoms with Crippen molar-refractivity contribution in [1.29, 1.82) is 0 Å². The van der Waals surface area contributed by atoms with Gasteiger partial charge in [-0.3, -0.25) is 9.05 Å². The first-order valence-corrected chi connectivity index (χ1v) is 6.12. The Morgan fingerprint density at radius 2 is 1.69 bits per heavy atom. The first-order valence-electron chi connectivity index (χ1n) is 4.65. The maximum absolute atomic E-state index is 11.6. The lowest BCUT2D eigenvalue weighted by atomic mass is 10.3. The summed E-state index contributed by atoms with van der Waals surface area (Å²) in [6.07, 6.45) is 0. The second-order valence-electron chi connectivity index (χ2n) is 2.95. The van der Waals surface area contributed by atoms with E-state index in [1.165, 1.54) is 0 Å². The molecular weight excluding hydrogens is 235 g/mol. The summed E-state index contributed by atoms with van der Waals surface area (Å²) in [5.41, 5.74) is 0.616. The highest BCUT2D eigenvalue weighted by atomic mass is 31.2. The van der Waals surface area contributed by atoms with E-state index in [0.29, 0.717) is 12.2 Å². The van der Waals surface area contributed by atoms with E-state index < -0.39 is 13.8 Å². The molecule has 0 amide bonds. The summed E-state index contributed by atoms with van der Waals surface area (Å²) < 4.78 is 30.2. The Bertz CT molecular complexity index is 310. The molecule has 0 aromatic carbocycles. The summed E-state index contributed by atoms with van der Waals surface area (Å²) in [7, 11) is -1.57. The van der Waals surface area contributed by atoms with Crippen molar-refractivity contribution < 1.29 is 27.7 Å². The first-order chi connectivity index (χ1) is 7.40. The highest BCUT2D eigenvalue weighted by Gasteiger charge is 2.30. The van der Waals surface area contributed by atoms with Crippen LogP contribution in [0.25, 0.3) is 0 Å². The third kappa shape index (κ3) is 4.35. The molecule has 0 aromatic heterocycles. The van der Waals surface area contributed by atoms with Crippen molar-refractivity contribution in [2.45, 2.75) is 20.8 Å². The predicted octanol–water partition coefficient (Wildman–Crippen LogP) is 2.26. The van der Waals surface area contributed by atoms with Crippen LogP contribution in [0.15, 0.2) is 11.3 Å². The molecule has 0 rings (SSSR count). The lowest BCUT2D eigenvalue weighted by Gasteiger charge is -2.15. The van der Waals surface area contributed by atoms with Crippen LogP contribution in [0.4, 0.5) is 0 Å². The molecule has 0 radical (unpaired) electrons. The highest BCUT2D eigenvalue weighted by molar-refractivity contribution is 7.49. The van der Waals surface area contributed by atoms with Crippen LogP contribution in [-0.2, 0) is 27.7 Å². The lowest BCUT2D eigenvalue weighted by Crippen LogP contribution is -2.12. The van der Waals surface area contributed by atoms with Gasteiger partial charge in [0.25, 0.3) is 0 Å². The van der Waals surface area contributed by atoms with Crippen molar-refractivity contribution in [3.05, 3.63) is 11.3 Å². The molecule has 94 valence electrons. The number of rotatable bonds is 6. The lowest BCUT2D eigenvalue weighted by molar-refractivity contribution is -0.135. The molecule has 0 saturated heterocycles. The Kier molecular flexibility index (Phi) is 6.33. The fourth-order valence-corrected chi connectivity index (χ4v) is 1.43. The summed E-state index contributed by atoms with van der Waals surface area (Å²) in [5, 5.41) is 0. The number of hydrogen-bond acceptors (Lipinski definition) is 6. The number of carbonyl (C=O) groups excluding carboxylic acids is 1. The second kappa shape index (κ2) is 6.68. The first kappa shape index (κ1) is 15.2. The van der Waals surface area contributed by atoms with Crippen molar-refractivity contribution in [3.63, 3.8) is 0 Å². The molecule has 0 unspecified atom stereocenters. The van der Waals surface area contributed by atoms with Crippen molar-refractivity contribution in [2.24, 2.45) is 0 Å². The van der Waals surface area contributed by atoms with Crippen LogP contribution in [0.5, 0.6) is 0 Å². The van der Waals surface area contributed by atoms with Crippen LogP contribution >= 0.6 is 7.82 Å². The van der Waals surface area contributed by atoms with Crippen LogP contribution in [0.1, 0.15) is 20.8 Å². The van der Waals surface area contributed by atoms with Gasteiger partial charge in [0.2, 0.25) is 5.76 Å². The maximum atomic E-state index is 11.6. The molecular formula is C9H17O6P. The van der Waals surface area contributed by atoms with Gasteiger partial charge >= 0.3 is 13.8 Å². The van der Waals surface area contributed by atoms with Crippen molar-refractivity contribution in [2.75, 3.05) is 20.8 Å². The standard InChI is InChI=1S/C9H17O6P/c1-6-14-8(7(2)3)9(10)15-16(11,12-4)13-5/h6H2,1-5H3. The molecule has 0 aliphatic rings. The van der Waals surface area contributed by atoms with Crippen LogP contribution in [0, 0.1) is 0 Å². The molecule has 0 fully saturated rings. The van der Waals surface area contributed by atoms with E-state index in [9.17, 15) is 9.36 Å². The second-order valence-corrected chi connectivity index (χ2v) is 4.76. The Labute approximate surface area is 95.1 Å². The molecule has 0 heterocycles. The Hall–Kier alpha value is -0.840. The third-order valence-electron chi connectivity index (χ3n) is 1.57. The smallest absolute Gasteiger partial charge is 0.487 e. The van der Waals surface area contributed by atoms with E-state index in [1.54, 1.807) is 20.8 Å². The number of allylic oxidation sites excluding steroid dienone is 1. The molecule has 0 atom stereocenters. The van der Waals surface area contributed by atoms with E-state index in [4.69, 9.17) is 4.74 Å². The average Bonchev–Trinajstić information content (AvgIpc) is 2.24. The number of phosphoric ester groups is 1. The van der Waals surface area contributed by atoms with E-state index >= 15 is 0 Å². The number of ether oxygens (including phenoxy) is 1. The largest absolute Gasteiger partial charge is 0.532 e. The van der Waals surface area contributed by atoms with Gasteiger partial charge in [0, 0.05) is 14.2 Å². The zero-order valence-electron chi connectivity index (χ0n) is 10.1. The molecule has 0 bridgehead atoms. The zero-order valence-corrected chi connectivity index (χ0v) is 11.0. The summed E-state index contributed by atoms with van der Waals surface area (Å²) in [6, 6.07) is 0. The van der Waals surface area contributed by atoms with E-state index in [2.05, 4.69) is 13.6 Å². The van der Waals surface area contributed by atoms with Crippen molar-refractivity contribution in [1.82, 2.24) is 0 Å². The molecule has 0 aromatic rings. The Balaban J connectivity index is 4.80. The summed E-state index contributed by atoms with van der Waals surface area (Å²) in [4.78, 5) is 11.6. The van der Waals surface area contributed by atoms with Gasteiger partial charge in [-0.1, -0.05) is 0 Å². The van der Waals surface area contributed by atoms with Crippen LogP contribution in [0.2, 0.25) is 0 Å². The summed E-state index contributed by atoms with van der Waals surface area (Å²) in [6.45, 7) is 5.38. The zero-order chi connectivity index (χ0) is 12.8. The molecule has 0 aliphatic heterocycles. The molecule has 16 heavy (non-hydrogen) atoms. The summed E-state index contributed by atoms with van der Waals surface area (Å²) >= 11 is 0. The van der Waals surface area contributed by atoms with Gasteiger partial charge in [-0.15, -0.1) is 0 Å². The topological polar surface area (TPSA) is 71.1 Å². The molecule has 7 heteroatoms. The van der Waals surface area contributed by atoms with Crippen LogP contribution in [-0.4, -0.2) is 26.8 Å².